The largest absolute Gasteiger partial charge is 0.334 e. The number of anilines is 1. The zero-order valence-corrected chi connectivity index (χ0v) is 13.0. The predicted molar refractivity (Wildman–Crippen MR) is 91.1 cm³/mol. The summed E-state index contributed by atoms with van der Waals surface area (Å²) in [5.41, 5.74) is 1.89. The van der Waals surface area contributed by atoms with E-state index in [1.807, 2.05) is 30.3 Å². The van der Waals surface area contributed by atoms with Crippen LogP contribution in [0.15, 0.2) is 67.1 Å². The van der Waals surface area contributed by atoms with Crippen LogP contribution in [0.4, 0.5) is 10.5 Å². The average Bonchev–Trinajstić information content (AvgIpc) is 3.15. The van der Waals surface area contributed by atoms with Gasteiger partial charge >= 0.3 is 6.03 Å². The number of urea groups is 1. The molecule has 24 heavy (non-hydrogen) atoms. The molecule has 1 aromatic carbocycles. The van der Waals surface area contributed by atoms with Crippen molar-refractivity contribution in [1.82, 2.24) is 20.1 Å². The van der Waals surface area contributed by atoms with Gasteiger partial charge in [0.05, 0.1) is 5.69 Å². The van der Waals surface area contributed by atoms with E-state index >= 15 is 0 Å². The van der Waals surface area contributed by atoms with Crippen molar-refractivity contribution in [3.63, 3.8) is 0 Å². The maximum atomic E-state index is 12.3. The van der Waals surface area contributed by atoms with E-state index in [1.165, 1.54) is 5.56 Å². The minimum Gasteiger partial charge on any atom is -0.334 e. The van der Waals surface area contributed by atoms with Crippen molar-refractivity contribution in [1.29, 1.82) is 0 Å². The van der Waals surface area contributed by atoms with Crippen molar-refractivity contribution in [2.45, 2.75) is 18.4 Å². The fourth-order valence-electron chi connectivity index (χ4n) is 2.82. The highest BCUT2D eigenvalue weighted by molar-refractivity contribution is 5.91. The van der Waals surface area contributed by atoms with Crippen molar-refractivity contribution in [2.75, 3.05) is 5.32 Å². The first-order valence-electron chi connectivity index (χ1n) is 7.89. The van der Waals surface area contributed by atoms with Crippen molar-refractivity contribution < 1.29 is 4.79 Å². The molecule has 2 aromatic heterocycles. The van der Waals surface area contributed by atoms with Gasteiger partial charge in [-0.25, -0.2) is 14.5 Å². The fraction of sp³-hybridized carbons (Fsp3) is 0.167. The third kappa shape index (κ3) is 2.99. The van der Waals surface area contributed by atoms with Crippen molar-refractivity contribution in [2.24, 2.45) is 0 Å². The second kappa shape index (κ2) is 6.16. The van der Waals surface area contributed by atoms with Gasteiger partial charge in [0, 0.05) is 30.6 Å². The Morgan fingerprint density at radius 1 is 1.08 bits per heavy atom. The highest BCUT2D eigenvalue weighted by Gasteiger charge is 2.39. The maximum Gasteiger partial charge on any atom is 0.319 e. The number of hydrogen-bond donors (Lipinski definition) is 2. The van der Waals surface area contributed by atoms with Crippen LogP contribution in [-0.2, 0) is 0 Å². The smallest absolute Gasteiger partial charge is 0.319 e. The normalized spacial score (nSPS) is 18.8. The van der Waals surface area contributed by atoms with Gasteiger partial charge in [-0.1, -0.05) is 30.3 Å². The molecule has 3 aromatic rings. The highest BCUT2D eigenvalue weighted by atomic mass is 16.2. The van der Waals surface area contributed by atoms with E-state index < -0.39 is 0 Å². The van der Waals surface area contributed by atoms with Crippen LogP contribution in [0.25, 0.3) is 5.82 Å². The molecular weight excluding hydrogens is 302 g/mol. The van der Waals surface area contributed by atoms with Crippen LogP contribution in [0.2, 0.25) is 0 Å². The summed E-state index contributed by atoms with van der Waals surface area (Å²) in [6.45, 7) is 0. The monoisotopic (exact) mass is 319 g/mol. The number of nitrogens with zero attached hydrogens (tertiary/aromatic N) is 3. The number of rotatable bonds is 4. The van der Waals surface area contributed by atoms with E-state index in [0.29, 0.717) is 17.4 Å². The first-order chi connectivity index (χ1) is 11.8. The summed E-state index contributed by atoms with van der Waals surface area (Å²) >= 11 is 0. The average molecular weight is 319 g/mol. The third-order valence-corrected chi connectivity index (χ3v) is 4.09. The molecule has 0 unspecified atom stereocenters. The zero-order valence-electron chi connectivity index (χ0n) is 13.0. The molecule has 1 fully saturated rings. The van der Waals surface area contributed by atoms with Crippen LogP contribution < -0.4 is 10.6 Å². The first kappa shape index (κ1) is 14.4. The van der Waals surface area contributed by atoms with E-state index in [0.717, 1.165) is 6.42 Å². The van der Waals surface area contributed by atoms with Crippen LogP contribution in [0, 0.1) is 0 Å². The number of amides is 2. The number of nitrogens with one attached hydrogen (secondary N) is 2. The van der Waals surface area contributed by atoms with E-state index in [4.69, 9.17) is 0 Å². The van der Waals surface area contributed by atoms with Crippen molar-refractivity contribution in [3.8, 4) is 5.82 Å². The van der Waals surface area contributed by atoms with Gasteiger partial charge < -0.3 is 10.6 Å². The van der Waals surface area contributed by atoms with Gasteiger partial charge in [-0.2, -0.15) is 5.10 Å². The van der Waals surface area contributed by atoms with E-state index in [2.05, 4.69) is 32.8 Å². The molecule has 120 valence electrons. The van der Waals surface area contributed by atoms with E-state index in [9.17, 15) is 4.79 Å². The molecule has 1 saturated carbocycles. The second-order valence-corrected chi connectivity index (χ2v) is 5.78. The Bertz CT molecular complexity index is 832. The van der Waals surface area contributed by atoms with Crippen LogP contribution in [0.5, 0.6) is 0 Å². The topological polar surface area (TPSA) is 71.8 Å². The Kier molecular flexibility index (Phi) is 3.70. The number of pyridine rings is 1. The highest BCUT2D eigenvalue weighted by Crippen LogP contribution is 2.40. The first-order valence-corrected chi connectivity index (χ1v) is 7.89. The molecule has 6 nitrogen and oxygen atoms in total. The molecule has 0 spiro atoms. The zero-order chi connectivity index (χ0) is 16.4. The van der Waals surface area contributed by atoms with Crippen molar-refractivity contribution in [3.05, 3.63) is 72.7 Å². The summed E-state index contributed by atoms with van der Waals surface area (Å²) in [5, 5.41) is 10.0. The van der Waals surface area contributed by atoms with E-state index in [-0.39, 0.29) is 12.1 Å². The summed E-state index contributed by atoms with van der Waals surface area (Å²) in [4.78, 5) is 16.6. The number of hydrogen-bond acceptors (Lipinski definition) is 3. The summed E-state index contributed by atoms with van der Waals surface area (Å²) in [6, 6.07) is 15.6. The summed E-state index contributed by atoms with van der Waals surface area (Å²) in [6.07, 6.45) is 6.10. The molecule has 2 heterocycles. The number of benzene rings is 1. The van der Waals surface area contributed by atoms with Gasteiger partial charge in [0.15, 0.2) is 5.82 Å². The molecule has 2 N–H and O–H groups in total. The summed E-state index contributed by atoms with van der Waals surface area (Å²) in [7, 11) is 0. The molecule has 0 aliphatic heterocycles. The lowest BCUT2D eigenvalue weighted by molar-refractivity contribution is 0.251. The third-order valence-electron chi connectivity index (χ3n) is 4.09. The van der Waals surface area contributed by atoms with Gasteiger partial charge in [-0.15, -0.1) is 0 Å². The Labute approximate surface area is 139 Å². The summed E-state index contributed by atoms with van der Waals surface area (Å²) in [5.74, 6) is 0.990. The Morgan fingerprint density at radius 2 is 1.96 bits per heavy atom. The standard InChI is InChI=1S/C18H17N5O/c24-18(22-16-12-14(16)13-6-2-1-3-7-13)21-15-8-4-9-19-17(15)23-11-5-10-20-23/h1-11,14,16H,12H2,(H2,21,22,24)/t14-,16-/m0/s1. The fourth-order valence-corrected chi connectivity index (χ4v) is 2.82. The molecule has 2 amide bonds. The molecule has 6 heteroatoms. The molecule has 0 saturated heterocycles. The number of carbonyl (C=O) groups is 1. The van der Waals surface area contributed by atoms with Gasteiger partial charge in [-0.05, 0) is 30.2 Å². The molecule has 2 atom stereocenters. The van der Waals surface area contributed by atoms with Gasteiger partial charge in [-0.3, -0.25) is 0 Å². The lowest BCUT2D eigenvalue weighted by Crippen LogP contribution is -2.31. The SMILES string of the molecule is O=C(Nc1cccnc1-n1cccn1)N[C@H]1C[C@H]1c1ccccc1. The van der Waals surface area contributed by atoms with E-state index in [1.54, 1.807) is 29.3 Å². The van der Waals surface area contributed by atoms with Gasteiger partial charge in [0.1, 0.15) is 0 Å². The molecule has 0 bridgehead atoms. The predicted octanol–water partition coefficient (Wildman–Crippen LogP) is 2.94. The Morgan fingerprint density at radius 3 is 2.75 bits per heavy atom. The lowest BCUT2D eigenvalue weighted by Gasteiger charge is -2.11. The molecule has 4 rings (SSSR count). The van der Waals surface area contributed by atoms with Gasteiger partial charge in [0.25, 0.3) is 0 Å². The molecule has 0 radical (unpaired) electrons. The molecular formula is C18H17N5O. The van der Waals surface area contributed by atoms with Gasteiger partial charge in [0.2, 0.25) is 0 Å². The van der Waals surface area contributed by atoms with Crippen LogP contribution in [0.3, 0.4) is 0 Å². The maximum absolute atomic E-state index is 12.3. The Balaban J connectivity index is 1.41. The Hall–Kier alpha value is -3.15. The second-order valence-electron chi connectivity index (χ2n) is 5.78. The number of aromatic nitrogens is 3. The minimum absolute atomic E-state index is 0.178. The molecule has 1 aliphatic rings. The van der Waals surface area contributed by atoms with Crippen LogP contribution in [-0.4, -0.2) is 26.8 Å². The summed E-state index contributed by atoms with van der Waals surface area (Å²) < 4.78 is 1.62. The minimum atomic E-state index is -0.222. The van der Waals surface area contributed by atoms with Crippen molar-refractivity contribution >= 4 is 11.7 Å². The van der Waals surface area contributed by atoms with Crippen LogP contribution >= 0.6 is 0 Å². The lowest BCUT2D eigenvalue weighted by atomic mass is 10.1. The number of carbonyl (C=O) groups excluding carboxylic acids is 1. The molecule has 1 aliphatic carbocycles. The quantitative estimate of drug-likeness (QED) is 0.776. The van der Waals surface area contributed by atoms with Crippen LogP contribution in [0.1, 0.15) is 17.9 Å².